The molecular weight excluding hydrogens is 1330 g/mol. The van der Waals surface area contributed by atoms with Gasteiger partial charge >= 0.3 is 23.9 Å². The highest BCUT2D eigenvalue weighted by Crippen LogP contribution is 2.47. The van der Waals surface area contributed by atoms with Gasteiger partial charge in [0.1, 0.15) is 0 Å². The number of thiophene rings is 10. The molecule has 10 aromatic heterocycles. The van der Waals surface area contributed by atoms with Crippen molar-refractivity contribution >= 4 is 137 Å². The van der Waals surface area contributed by atoms with Gasteiger partial charge in [0.05, 0.1) is 52.1 Å². The minimum absolute atomic E-state index is 0. The summed E-state index contributed by atoms with van der Waals surface area (Å²) in [5, 5.41) is 16.4. The highest BCUT2D eigenvalue weighted by molar-refractivity contribution is 7.27. The van der Waals surface area contributed by atoms with E-state index in [1.54, 1.807) is 113 Å². The van der Waals surface area contributed by atoms with E-state index < -0.39 is 0 Å². The molecule has 10 heterocycles. The van der Waals surface area contributed by atoms with Gasteiger partial charge in [-0.3, -0.25) is 19.2 Å². The van der Waals surface area contributed by atoms with Crippen LogP contribution in [-0.2, 0) is 63.8 Å². The predicted octanol–water partition coefficient (Wildman–Crippen LogP) is 22.1. The lowest BCUT2D eigenvalue weighted by Crippen LogP contribution is -2.28. The van der Waals surface area contributed by atoms with E-state index in [4.69, 9.17) is 18.9 Å². The largest absolute Gasteiger partial charge is 0.465 e. The molecule has 0 spiro atoms. The Labute approximate surface area is 576 Å². The van der Waals surface area contributed by atoms with Crippen LogP contribution in [0.3, 0.4) is 0 Å². The zero-order chi connectivity index (χ0) is 60.9. The first-order chi connectivity index (χ1) is 43.1. The Balaban J connectivity index is 0.000000233. The first-order valence-corrected chi connectivity index (χ1v) is 37.5. The lowest BCUT2D eigenvalue weighted by molar-refractivity contribution is -0.149. The summed E-state index contributed by atoms with van der Waals surface area (Å²) in [7, 11) is 0. The van der Waals surface area contributed by atoms with Gasteiger partial charge in [0.15, 0.2) is 0 Å². The van der Waals surface area contributed by atoms with Crippen molar-refractivity contribution < 1.29 is 38.1 Å². The van der Waals surface area contributed by atoms with E-state index in [0.717, 1.165) is 83.9 Å². The smallest absolute Gasteiger partial charge is 0.310 e. The summed E-state index contributed by atoms with van der Waals surface area (Å²) in [6.07, 6.45) is 10.3. The summed E-state index contributed by atoms with van der Waals surface area (Å²) < 4.78 is 23.7. The van der Waals surface area contributed by atoms with E-state index in [9.17, 15) is 19.2 Å². The molecule has 2 aliphatic carbocycles. The van der Waals surface area contributed by atoms with Crippen molar-refractivity contribution in [1.29, 1.82) is 0 Å². The van der Waals surface area contributed by atoms with Gasteiger partial charge in [0, 0.05) is 82.2 Å². The molecule has 18 heteroatoms. The van der Waals surface area contributed by atoms with Crippen LogP contribution < -0.4 is 0 Å². The fourth-order valence-corrected chi connectivity index (χ4v) is 21.3. The molecule has 476 valence electrons. The Morgan fingerprint density at radius 2 is 0.604 bits per heavy atom. The minimum atomic E-state index is -0.256. The van der Waals surface area contributed by atoms with Crippen molar-refractivity contribution in [3.05, 3.63) is 213 Å². The van der Waals surface area contributed by atoms with Gasteiger partial charge in [0.25, 0.3) is 0 Å². The average molecular weight is 1400 g/mol. The van der Waals surface area contributed by atoms with E-state index in [2.05, 4.69) is 96.4 Å². The molecule has 12 rings (SSSR count). The number of hydrogen-bond donors (Lipinski definition) is 0. The van der Waals surface area contributed by atoms with E-state index in [-0.39, 0.29) is 146 Å². The van der Waals surface area contributed by atoms with Crippen LogP contribution in [0.2, 0.25) is 0 Å². The Morgan fingerprint density at radius 3 is 0.868 bits per heavy atom. The summed E-state index contributed by atoms with van der Waals surface area (Å²) in [4.78, 5) is 66.3. The van der Waals surface area contributed by atoms with Gasteiger partial charge in [-0.2, -0.15) is 0 Å². The topological polar surface area (TPSA) is 105 Å². The average Bonchev–Trinajstić information content (AvgIpc) is 1.72. The number of rotatable bonds is 26. The summed E-state index contributed by atoms with van der Waals surface area (Å²) in [6, 6.07) is 33.0. The second kappa shape index (κ2) is 34.1. The molecule has 0 aromatic carbocycles. The predicted molar refractivity (Wildman–Crippen MR) is 394 cm³/mol. The number of esters is 4. The monoisotopic (exact) mass is 1400 g/mol. The standard InChI is InChI=1S/C39H34O4S6.C31H30O4S4.3CH4/c1-3-24-17-25(4-2)29(23-43-37(41)21-27-19-35(31-10-6-14-45-31)49-39(27)33-12-8-16-47-33)28(24)22-42-36(40)20-26-18-34(30-9-5-13-44-30)48-38(26)32-11-7-15-46-32;1-3-20-15-21(4-2)25(19-35-29(33)17-23-10-14-39-31(23)27-8-6-12-37-27)24(20)18-34-28(32)16-22-9-13-38-30(22)26-7-5-11-36-26;;;/h3-16,18-19,24-25,28-29H,1-2,17,20-23H2;3-14,20-21,24-25H,1-2,15-19H2;3*1H4. The van der Waals surface area contributed by atoms with Crippen LogP contribution in [0, 0.1) is 47.3 Å². The summed E-state index contributed by atoms with van der Waals surface area (Å²) in [5.74, 6) is -0.429. The SMILES string of the molecule is C.C.C.C=CC1CC(C=C)C(COC(=O)Cc2cc(-c3cccs3)sc2-c2cccs2)C1COC(=O)Cc1cc(-c2cccs2)sc1-c1cccs1.C=CC1CC(C=C)C(COC(=O)Cc2ccsc2-c2cccs2)C1COC(=O)Cc1ccsc1-c1cccs1. The van der Waals surface area contributed by atoms with Crippen LogP contribution in [0.5, 0.6) is 0 Å². The molecule has 0 amide bonds. The maximum atomic E-state index is 13.4. The maximum Gasteiger partial charge on any atom is 0.310 e. The van der Waals surface area contributed by atoms with Crippen molar-refractivity contribution in [3.63, 3.8) is 0 Å². The molecule has 0 bridgehead atoms. The van der Waals surface area contributed by atoms with Crippen molar-refractivity contribution in [2.75, 3.05) is 26.4 Å². The highest BCUT2D eigenvalue weighted by Gasteiger charge is 2.43. The first kappa shape index (κ1) is 70.7. The molecule has 91 heavy (non-hydrogen) atoms. The third kappa shape index (κ3) is 17.4. The van der Waals surface area contributed by atoms with Crippen LogP contribution in [0.15, 0.2) is 191 Å². The van der Waals surface area contributed by atoms with Gasteiger partial charge in [-0.15, -0.1) is 140 Å². The lowest BCUT2D eigenvalue weighted by atomic mass is 9.88. The minimum Gasteiger partial charge on any atom is -0.465 e. The van der Waals surface area contributed by atoms with Crippen LogP contribution >= 0.6 is 113 Å². The zero-order valence-corrected chi connectivity index (χ0v) is 56.2. The Kier molecular flexibility index (Phi) is 26.5. The third-order valence-electron chi connectivity index (χ3n) is 16.3. The molecule has 0 saturated heterocycles. The molecule has 8 atom stereocenters. The Hall–Kier alpha value is -6.16. The van der Waals surface area contributed by atoms with Crippen molar-refractivity contribution in [2.24, 2.45) is 47.3 Å². The van der Waals surface area contributed by atoms with Gasteiger partial charge < -0.3 is 18.9 Å². The van der Waals surface area contributed by atoms with Gasteiger partial charge in [-0.05, 0) is 162 Å². The van der Waals surface area contributed by atoms with Crippen LogP contribution in [0.25, 0.3) is 58.5 Å². The fourth-order valence-electron chi connectivity index (χ4n) is 11.9. The first-order valence-electron chi connectivity index (χ1n) is 28.8. The maximum absolute atomic E-state index is 13.4. The lowest BCUT2D eigenvalue weighted by Gasteiger charge is -2.24. The van der Waals surface area contributed by atoms with Gasteiger partial charge in [-0.1, -0.05) is 83.0 Å². The summed E-state index contributed by atoms with van der Waals surface area (Å²) in [5.41, 5.74) is 3.95. The molecule has 8 unspecified atom stereocenters. The second-order valence-corrected chi connectivity index (χ2v) is 31.1. The van der Waals surface area contributed by atoms with E-state index >= 15 is 0 Å². The molecule has 2 fully saturated rings. The van der Waals surface area contributed by atoms with Gasteiger partial charge in [0.2, 0.25) is 0 Å². The molecule has 10 aromatic rings. The molecule has 0 aliphatic heterocycles. The molecular formula is C73H76O8S10. The molecule has 2 saturated carbocycles. The quantitative estimate of drug-likeness (QED) is 0.0300. The van der Waals surface area contributed by atoms with E-state index in [1.807, 2.05) is 94.4 Å². The van der Waals surface area contributed by atoms with E-state index in [1.165, 1.54) is 9.75 Å². The Morgan fingerprint density at radius 1 is 0.341 bits per heavy atom. The van der Waals surface area contributed by atoms with Crippen molar-refractivity contribution in [1.82, 2.24) is 0 Å². The van der Waals surface area contributed by atoms with E-state index in [0.29, 0.717) is 0 Å². The number of hydrogen-bond acceptors (Lipinski definition) is 18. The second-order valence-electron chi connectivity index (χ2n) is 21.5. The Bertz CT molecular complexity index is 3640. The van der Waals surface area contributed by atoms with Crippen molar-refractivity contribution in [2.45, 2.75) is 60.8 Å². The van der Waals surface area contributed by atoms with Crippen LogP contribution in [-0.4, -0.2) is 50.3 Å². The zero-order valence-electron chi connectivity index (χ0n) is 48.0. The molecule has 8 nitrogen and oxygen atoms in total. The number of carbonyl (C=O) groups excluding carboxylic acids is 4. The fraction of sp³-hybridized carbons (Fsp3) is 0.288. The van der Waals surface area contributed by atoms with Crippen molar-refractivity contribution in [3.8, 4) is 58.5 Å². The summed E-state index contributed by atoms with van der Waals surface area (Å²) in [6.45, 7) is 17.3. The van der Waals surface area contributed by atoms with Crippen LogP contribution in [0.1, 0.15) is 57.4 Å². The molecule has 0 radical (unpaired) electrons. The van der Waals surface area contributed by atoms with Gasteiger partial charge in [-0.25, -0.2) is 0 Å². The molecule has 2 aliphatic rings. The highest BCUT2D eigenvalue weighted by atomic mass is 32.1. The number of carbonyl (C=O) groups is 4. The normalized spacial score (nSPS) is 18.9. The van der Waals surface area contributed by atoms with Crippen LogP contribution in [0.4, 0.5) is 0 Å². The molecule has 0 N–H and O–H groups in total. The number of ether oxygens (including phenoxy) is 4. The third-order valence-corrected chi connectivity index (χ3v) is 26.9. The summed E-state index contributed by atoms with van der Waals surface area (Å²) >= 11 is 16.8. The number of allylic oxidation sites excluding steroid dienone is 4.